The van der Waals surface area contributed by atoms with Gasteiger partial charge in [-0.1, -0.05) is 34.1 Å². The molecule has 138 valence electrons. The van der Waals surface area contributed by atoms with Crippen LogP contribution in [0.3, 0.4) is 0 Å². The molecule has 0 heterocycles. The van der Waals surface area contributed by atoms with Gasteiger partial charge in [0.15, 0.2) is 18.1 Å². The van der Waals surface area contributed by atoms with Gasteiger partial charge in [-0.2, -0.15) is 0 Å². The maximum Gasteiger partial charge on any atom is 0.310 e. The van der Waals surface area contributed by atoms with Crippen LogP contribution in [0.15, 0.2) is 40.9 Å². The van der Waals surface area contributed by atoms with Gasteiger partial charge in [-0.05, 0) is 23.8 Å². The molecule has 0 aliphatic carbocycles. The van der Waals surface area contributed by atoms with Crippen LogP contribution in [0.5, 0.6) is 17.2 Å². The summed E-state index contributed by atoms with van der Waals surface area (Å²) in [6.07, 6.45) is -0.0278. The van der Waals surface area contributed by atoms with E-state index in [1.165, 1.54) is 21.3 Å². The van der Waals surface area contributed by atoms with Crippen LogP contribution in [0.2, 0.25) is 0 Å². The molecule has 2 aromatic rings. The highest BCUT2D eigenvalue weighted by atomic mass is 79.9. The minimum atomic E-state index is -0.528. The van der Waals surface area contributed by atoms with E-state index >= 15 is 0 Å². The topological polar surface area (TPSA) is 71.1 Å². The molecule has 0 spiro atoms. The summed E-state index contributed by atoms with van der Waals surface area (Å²) in [6.45, 7) is -0.328. The zero-order valence-electron chi connectivity index (χ0n) is 14.7. The van der Waals surface area contributed by atoms with Crippen molar-refractivity contribution in [2.75, 3.05) is 27.9 Å². The Morgan fingerprint density at radius 3 is 2.12 bits per heavy atom. The summed E-state index contributed by atoms with van der Waals surface area (Å²) in [5.74, 6) is 0.518. The number of carbonyl (C=O) groups is 2. The average molecular weight is 423 g/mol. The van der Waals surface area contributed by atoms with Gasteiger partial charge < -0.3 is 18.9 Å². The number of ketones is 1. The van der Waals surface area contributed by atoms with E-state index in [0.29, 0.717) is 32.8 Å². The van der Waals surface area contributed by atoms with Gasteiger partial charge in [0.1, 0.15) is 0 Å². The summed E-state index contributed by atoms with van der Waals surface area (Å²) in [5.41, 5.74) is 1.09. The van der Waals surface area contributed by atoms with Gasteiger partial charge in [0.2, 0.25) is 11.5 Å². The summed E-state index contributed by atoms with van der Waals surface area (Å²) < 4.78 is 21.5. The SMILES string of the molecule is COc1cc(CC(=O)OCC(=O)c2ccccc2Br)cc(OC)c1OC. The number of Topliss-reactive ketones (excluding diaryl/α,β-unsaturated/α-hetero) is 1. The van der Waals surface area contributed by atoms with Gasteiger partial charge in [0.05, 0.1) is 27.8 Å². The normalized spacial score (nSPS) is 10.2. The molecule has 6 nitrogen and oxygen atoms in total. The van der Waals surface area contributed by atoms with Crippen molar-refractivity contribution in [3.8, 4) is 17.2 Å². The van der Waals surface area contributed by atoms with Crippen LogP contribution >= 0.6 is 15.9 Å². The molecular formula is C19H19BrO6. The summed E-state index contributed by atoms with van der Waals surface area (Å²) >= 11 is 3.30. The van der Waals surface area contributed by atoms with Crippen molar-refractivity contribution in [2.24, 2.45) is 0 Å². The molecule has 2 rings (SSSR count). The van der Waals surface area contributed by atoms with Gasteiger partial charge in [0, 0.05) is 10.0 Å². The summed E-state index contributed by atoms with van der Waals surface area (Å²) in [4.78, 5) is 24.2. The van der Waals surface area contributed by atoms with E-state index in [0.717, 1.165) is 0 Å². The Morgan fingerprint density at radius 1 is 0.962 bits per heavy atom. The number of hydrogen-bond donors (Lipinski definition) is 0. The number of carbonyl (C=O) groups excluding carboxylic acids is 2. The Balaban J connectivity index is 2.04. The second-order valence-electron chi connectivity index (χ2n) is 5.27. The number of ether oxygens (including phenoxy) is 4. The Labute approximate surface area is 160 Å². The van der Waals surface area contributed by atoms with Crippen LogP contribution < -0.4 is 14.2 Å². The van der Waals surface area contributed by atoms with Crippen molar-refractivity contribution in [3.63, 3.8) is 0 Å². The summed E-state index contributed by atoms with van der Waals surface area (Å²) in [7, 11) is 4.49. The smallest absolute Gasteiger partial charge is 0.310 e. The molecule has 0 saturated heterocycles. The van der Waals surface area contributed by atoms with Gasteiger partial charge in [-0.3, -0.25) is 9.59 Å². The first-order valence-electron chi connectivity index (χ1n) is 7.72. The molecule has 0 N–H and O–H groups in total. The molecule has 2 aromatic carbocycles. The molecule has 0 atom stereocenters. The van der Waals surface area contributed by atoms with Crippen LogP contribution in [0.25, 0.3) is 0 Å². The van der Waals surface area contributed by atoms with E-state index in [1.54, 1.807) is 36.4 Å². The highest BCUT2D eigenvalue weighted by molar-refractivity contribution is 9.10. The number of hydrogen-bond acceptors (Lipinski definition) is 6. The molecule has 0 radical (unpaired) electrons. The Kier molecular flexibility index (Phi) is 7.03. The van der Waals surface area contributed by atoms with Crippen LogP contribution in [0.1, 0.15) is 15.9 Å². The highest BCUT2D eigenvalue weighted by Crippen LogP contribution is 2.38. The Hall–Kier alpha value is -2.54. The van der Waals surface area contributed by atoms with Crippen LogP contribution in [-0.2, 0) is 16.0 Å². The molecule has 0 aromatic heterocycles. The lowest BCUT2D eigenvalue weighted by atomic mass is 10.1. The van der Waals surface area contributed by atoms with Gasteiger partial charge in [0.25, 0.3) is 0 Å². The average Bonchev–Trinajstić information content (AvgIpc) is 2.65. The fraction of sp³-hybridized carbons (Fsp3) is 0.263. The number of halogens is 1. The molecular weight excluding hydrogens is 404 g/mol. The zero-order valence-corrected chi connectivity index (χ0v) is 16.3. The number of rotatable bonds is 8. The van der Waals surface area contributed by atoms with E-state index in [-0.39, 0.29) is 18.8 Å². The minimum Gasteiger partial charge on any atom is -0.493 e. The van der Waals surface area contributed by atoms with Crippen molar-refractivity contribution < 1.29 is 28.5 Å². The molecule has 0 bridgehead atoms. The van der Waals surface area contributed by atoms with Crippen LogP contribution in [-0.4, -0.2) is 39.7 Å². The van der Waals surface area contributed by atoms with Crippen molar-refractivity contribution in [3.05, 3.63) is 52.0 Å². The monoisotopic (exact) mass is 422 g/mol. The van der Waals surface area contributed by atoms with E-state index in [4.69, 9.17) is 18.9 Å². The number of methoxy groups -OCH3 is 3. The first-order valence-corrected chi connectivity index (χ1v) is 8.51. The molecule has 0 aliphatic heterocycles. The first kappa shape index (κ1) is 19.8. The van der Waals surface area contributed by atoms with Gasteiger partial charge in [-0.15, -0.1) is 0 Å². The predicted octanol–water partition coefficient (Wildman–Crippen LogP) is 3.44. The zero-order chi connectivity index (χ0) is 19.1. The first-order chi connectivity index (χ1) is 12.5. The summed E-state index contributed by atoms with van der Waals surface area (Å²) in [6, 6.07) is 10.3. The van der Waals surface area contributed by atoms with Crippen molar-refractivity contribution >= 4 is 27.7 Å². The third-order valence-corrected chi connectivity index (χ3v) is 4.30. The molecule has 0 aliphatic rings. The standard InChI is InChI=1S/C19H19BrO6/c1-23-16-8-12(9-17(24-2)19(16)25-3)10-18(22)26-11-15(21)13-6-4-5-7-14(13)20/h4-9H,10-11H2,1-3H3. The van der Waals surface area contributed by atoms with Crippen LogP contribution in [0, 0.1) is 0 Å². The van der Waals surface area contributed by atoms with Crippen molar-refractivity contribution in [2.45, 2.75) is 6.42 Å². The largest absolute Gasteiger partial charge is 0.493 e. The lowest BCUT2D eigenvalue weighted by Gasteiger charge is -2.14. The van der Waals surface area contributed by atoms with E-state index in [9.17, 15) is 9.59 Å². The molecule has 7 heteroatoms. The lowest BCUT2D eigenvalue weighted by molar-refractivity contribution is -0.141. The highest BCUT2D eigenvalue weighted by Gasteiger charge is 2.17. The predicted molar refractivity (Wildman–Crippen MR) is 99.2 cm³/mol. The second kappa shape index (κ2) is 9.24. The van der Waals surface area contributed by atoms with E-state index in [1.807, 2.05) is 0 Å². The number of benzene rings is 2. The van der Waals surface area contributed by atoms with Crippen molar-refractivity contribution in [1.82, 2.24) is 0 Å². The van der Waals surface area contributed by atoms with Gasteiger partial charge >= 0.3 is 5.97 Å². The fourth-order valence-corrected chi connectivity index (χ4v) is 2.87. The molecule has 0 amide bonds. The van der Waals surface area contributed by atoms with E-state index < -0.39 is 5.97 Å². The molecule has 0 unspecified atom stereocenters. The van der Waals surface area contributed by atoms with Crippen LogP contribution in [0.4, 0.5) is 0 Å². The van der Waals surface area contributed by atoms with E-state index in [2.05, 4.69) is 15.9 Å². The maximum absolute atomic E-state index is 12.1. The maximum atomic E-state index is 12.1. The Bertz CT molecular complexity index is 777. The third kappa shape index (κ3) is 4.76. The minimum absolute atomic E-state index is 0.0278. The molecule has 0 saturated carbocycles. The van der Waals surface area contributed by atoms with Crippen molar-refractivity contribution in [1.29, 1.82) is 0 Å². The quantitative estimate of drug-likeness (QED) is 0.479. The summed E-state index contributed by atoms with van der Waals surface area (Å²) in [5, 5.41) is 0. The fourth-order valence-electron chi connectivity index (χ4n) is 2.37. The second-order valence-corrected chi connectivity index (χ2v) is 6.13. The number of esters is 1. The molecule has 26 heavy (non-hydrogen) atoms. The lowest BCUT2D eigenvalue weighted by Crippen LogP contribution is -2.16. The Morgan fingerprint density at radius 2 is 1.58 bits per heavy atom. The van der Waals surface area contributed by atoms with Gasteiger partial charge in [-0.25, -0.2) is 0 Å². The third-order valence-electron chi connectivity index (χ3n) is 3.61. The molecule has 0 fully saturated rings.